The van der Waals surface area contributed by atoms with Crippen LogP contribution in [0.15, 0.2) is 61.4 Å². The minimum atomic E-state index is 0.514. The van der Waals surface area contributed by atoms with Crippen molar-refractivity contribution in [2.24, 2.45) is 0 Å². The molecule has 114 valence electrons. The van der Waals surface area contributed by atoms with Crippen LogP contribution in [0.4, 0.5) is 5.69 Å². The van der Waals surface area contributed by atoms with Crippen molar-refractivity contribution in [2.75, 3.05) is 11.9 Å². The van der Waals surface area contributed by atoms with Crippen molar-refractivity contribution >= 4 is 34.2 Å². The molecule has 0 fully saturated rings. The fourth-order valence-electron chi connectivity index (χ4n) is 2.06. The number of benzene rings is 1. The van der Waals surface area contributed by atoms with E-state index in [0.717, 1.165) is 16.9 Å². The summed E-state index contributed by atoms with van der Waals surface area (Å²) in [5.41, 5.74) is 3.89. The van der Waals surface area contributed by atoms with Crippen molar-refractivity contribution in [1.82, 2.24) is 20.3 Å². The van der Waals surface area contributed by atoms with E-state index in [-0.39, 0.29) is 0 Å². The van der Waals surface area contributed by atoms with Crippen LogP contribution in [0.25, 0.3) is 22.4 Å². The summed E-state index contributed by atoms with van der Waals surface area (Å²) in [7, 11) is 0. The van der Waals surface area contributed by atoms with E-state index in [4.69, 9.17) is 12.2 Å². The van der Waals surface area contributed by atoms with Crippen molar-refractivity contribution in [3.63, 3.8) is 0 Å². The smallest absolute Gasteiger partial charge is 0.178 e. The highest BCUT2D eigenvalue weighted by molar-refractivity contribution is 7.80. The van der Waals surface area contributed by atoms with E-state index in [1.807, 2.05) is 36.4 Å². The molecule has 0 amide bonds. The molecule has 2 heterocycles. The van der Waals surface area contributed by atoms with Crippen LogP contribution < -0.4 is 10.6 Å². The van der Waals surface area contributed by atoms with Crippen LogP contribution in [0, 0.1) is 0 Å². The molecular formula is C17H15N5S. The number of hydrogen-bond acceptors (Lipinski definition) is 4. The Labute approximate surface area is 139 Å². The first-order chi connectivity index (χ1) is 11.3. The van der Waals surface area contributed by atoms with Crippen LogP contribution in [0.3, 0.4) is 0 Å². The molecule has 0 saturated carbocycles. The lowest BCUT2D eigenvalue weighted by molar-refractivity contribution is 1.06. The molecule has 3 rings (SSSR count). The highest BCUT2D eigenvalue weighted by atomic mass is 32.1. The molecule has 0 radical (unpaired) electrons. The number of rotatable bonds is 4. The molecule has 23 heavy (non-hydrogen) atoms. The Morgan fingerprint density at radius 3 is 2.78 bits per heavy atom. The molecule has 0 bridgehead atoms. The molecule has 1 aromatic carbocycles. The number of aromatic nitrogens is 3. The van der Waals surface area contributed by atoms with Gasteiger partial charge in [-0.25, -0.2) is 9.97 Å². The van der Waals surface area contributed by atoms with Crippen molar-refractivity contribution in [2.45, 2.75) is 0 Å². The highest BCUT2D eigenvalue weighted by Gasteiger charge is 2.05. The van der Waals surface area contributed by atoms with Crippen LogP contribution in [-0.2, 0) is 0 Å². The maximum absolute atomic E-state index is 5.18. The summed E-state index contributed by atoms with van der Waals surface area (Å²) in [5.74, 6) is 0. The number of hydrogen-bond donors (Lipinski definition) is 2. The van der Waals surface area contributed by atoms with Crippen molar-refractivity contribution in [3.8, 4) is 11.3 Å². The zero-order chi connectivity index (χ0) is 16.1. The quantitative estimate of drug-likeness (QED) is 0.568. The third-order valence-electron chi connectivity index (χ3n) is 3.13. The Hall–Kier alpha value is -2.86. The van der Waals surface area contributed by atoms with Gasteiger partial charge in [-0.15, -0.1) is 6.58 Å². The van der Waals surface area contributed by atoms with Crippen molar-refractivity contribution < 1.29 is 0 Å². The average molecular weight is 321 g/mol. The fourth-order valence-corrected chi connectivity index (χ4v) is 2.26. The van der Waals surface area contributed by atoms with Crippen LogP contribution in [-0.4, -0.2) is 26.6 Å². The van der Waals surface area contributed by atoms with Crippen LogP contribution in [0.1, 0.15) is 0 Å². The normalized spacial score (nSPS) is 10.3. The van der Waals surface area contributed by atoms with Gasteiger partial charge in [-0.05, 0) is 18.3 Å². The molecule has 6 heteroatoms. The molecule has 2 aromatic heterocycles. The van der Waals surface area contributed by atoms with Crippen LogP contribution in [0.5, 0.6) is 0 Å². The van der Waals surface area contributed by atoms with Gasteiger partial charge in [0.05, 0.1) is 23.8 Å². The largest absolute Gasteiger partial charge is 0.359 e. The Balaban J connectivity index is 1.84. The van der Waals surface area contributed by atoms with Gasteiger partial charge in [-0.2, -0.15) is 0 Å². The fraction of sp³-hybridized carbons (Fsp3) is 0.0588. The van der Waals surface area contributed by atoms with Gasteiger partial charge in [0.2, 0.25) is 0 Å². The van der Waals surface area contributed by atoms with Gasteiger partial charge < -0.3 is 10.6 Å². The van der Waals surface area contributed by atoms with E-state index >= 15 is 0 Å². The van der Waals surface area contributed by atoms with Gasteiger partial charge in [-0.1, -0.05) is 36.4 Å². The molecule has 0 aliphatic rings. The number of fused-ring (bicyclic) bond motifs is 1. The Kier molecular flexibility index (Phi) is 4.54. The van der Waals surface area contributed by atoms with Crippen LogP contribution >= 0.6 is 12.2 Å². The maximum atomic E-state index is 5.18. The van der Waals surface area contributed by atoms with E-state index in [9.17, 15) is 0 Å². The van der Waals surface area contributed by atoms with Gasteiger partial charge in [0.1, 0.15) is 5.52 Å². The molecule has 0 atom stereocenters. The molecule has 0 saturated heterocycles. The van der Waals surface area contributed by atoms with Crippen molar-refractivity contribution in [3.05, 3.63) is 61.4 Å². The van der Waals surface area contributed by atoms with E-state index < -0.39 is 0 Å². The maximum Gasteiger partial charge on any atom is 0.178 e. The first kappa shape index (κ1) is 15.1. The molecule has 0 aliphatic heterocycles. The second-order valence-electron chi connectivity index (χ2n) is 4.81. The van der Waals surface area contributed by atoms with E-state index in [2.05, 4.69) is 32.2 Å². The minimum Gasteiger partial charge on any atom is -0.359 e. The third-order valence-corrected chi connectivity index (χ3v) is 3.38. The molecule has 3 aromatic rings. The zero-order valence-electron chi connectivity index (χ0n) is 12.4. The lowest BCUT2D eigenvalue weighted by Crippen LogP contribution is -2.28. The number of nitrogens with zero attached hydrogens (tertiary/aromatic N) is 3. The first-order valence-electron chi connectivity index (χ1n) is 7.10. The Morgan fingerprint density at radius 1 is 1.17 bits per heavy atom. The molecule has 5 nitrogen and oxygen atoms in total. The minimum absolute atomic E-state index is 0.514. The first-order valence-corrected chi connectivity index (χ1v) is 7.51. The summed E-state index contributed by atoms with van der Waals surface area (Å²) in [5, 5.41) is 6.57. The van der Waals surface area contributed by atoms with Crippen molar-refractivity contribution in [1.29, 1.82) is 0 Å². The predicted octanol–water partition coefficient (Wildman–Crippen LogP) is 3.16. The lowest BCUT2D eigenvalue weighted by atomic mass is 10.2. The third kappa shape index (κ3) is 3.67. The number of thiocarbonyl (C=S) groups is 1. The topological polar surface area (TPSA) is 62.7 Å². The summed E-state index contributed by atoms with van der Waals surface area (Å²) in [6.07, 6.45) is 5.17. The van der Waals surface area contributed by atoms with Crippen LogP contribution in [0.2, 0.25) is 0 Å². The summed E-state index contributed by atoms with van der Waals surface area (Å²) in [6, 6.07) is 11.8. The second-order valence-corrected chi connectivity index (χ2v) is 5.22. The molecule has 0 spiro atoms. The number of anilines is 1. The molecular weight excluding hydrogens is 306 g/mol. The summed E-state index contributed by atoms with van der Waals surface area (Å²) < 4.78 is 0. The van der Waals surface area contributed by atoms with E-state index in [0.29, 0.717) is 22.8 Å². The van der Waals surface area contributed by atoms with Gasteiger partial charge in [0, 0.05) is 12.1 Å². The number of nitrogens with one attached hydrogen (secondary N) is 2. The lowest BCUT2D eigenvalue weighted by Gasteiger charge is -2.09. The molecule has 2 N–H and O–H groups in total. The number of pyridine rings is 1. The average Bonchev–Trinajstić information content (AvgIpc) is 2.60. The van der Waals surface area contributed by atoms with E-state index in [1.54, 1.807) is 18.5 Å². The standard InChI is InChI=1S/C17H15N5S/c1-2-8-18-17(23)21-13-9-14-16(20-10-13)22-15(11-19-14)12-6-4-3-5-7-12/h2-7,9-11H,1,8H2,(H2,18,21,23). The predicted molar refractivity (Wildman–Crippen MR) is 97.2 cm³/mol. The monoisotopic (exact) mass is 321 g/mol. The summed E-state index contributed by atoms with van der Waals surface area (Å²) in [4.78, 5) is 13.4. The summed E-state index contributed by atoms with van der Waals surface area (Å²) >= 11 is 5.18. The summed E-state index contributed by atoms with van der Waals surface area (Å²) in [6.45, 7) is 4.24. The SMILES string of the molecule is C=CCNC(=S)Nc1cnc2nc(-c3ccccc3)cnc2c1. The van der Waals surface area contributed by atoms with Gasteiger partial charge in [0.15, 0.2) is 10.8 Å². The second kappa shape index (κ2) is 6.93. The van der Waals surface area contributed by atoms with Gasteiger partial charge in [0.25, 0.3) is 0 Å². The van der Waals surface area contributed by atoms with Gasteiger partial charge in [-0.3, -0.25) is 4.98 Å². The highest BCUT2D eigenvalue weighted by Crippen LogP contribution is 2.19. The Bertz CT molecular complexity index is 848. The zero-order valence-corrected chi connectivity index (χ0v) is 13.2. The molecule has 0 aliphatic carbocycles. The molecule has 0 unspecified atom stereocenters. The van der Waals surface area contributed by atoms with Gasteiger partial charge >= 0.3 is 0 Å². The Morgan fingerprint density at radius 2 is 2.00 bits per heavy atom. The van der Waals surface area contributed by atoms with E-state index in [1.165, 1.54) is 0 Å².